The molecule has 94 valence electrons. The third-order valence-corrected chi connectivity index (χ3v) is 2.96. The van der Waals surface area contributed by atoms with Crippen LogP contribution in [0, 0.1) is 20.8 Å². The lowest BCUT2D eigenvalue weighted by Crippen LogP contribution is -2.19. The van der Waals surface area contributed by atoms with Crippen molar-refractivity contribution in [1.29, 1.82) is 0 Å². The van der Waals surface area contributed by atoms with Gasteiger partial charge in [-0.2, -0.15) is 5.10 Å². The van der Waals surface area contributed by atoms with E-state index in [1.807, 2.05) is 45.0 Å². The molecule has 1 N–H and O–H groups in total. The minimum atomic E-state index is -0.0631. The maximum atomic E-state index is 11.9. The first-order chi connectivity index (χ1) is 8.56. The van der Waals surface area contributed by atoms with Crippen LogP contribution < -0.4 is 5.32 Å². The van der Waals surface area contributed by atoms with Crippen LogP contribution in [-0.2, 0) is 11.3 Å². The van der Waals surface area contributed by atoms with Crippen LogP contribution in [0.15, 0.2) is 30.5 Å². The summed E-state index contributed by atoms with van der Waals surface area (Å²) in [5.74, 6) is -0.0631. The van der Waals surface area contributed by atoms with Gasteiger partial charge in [-0.15, -0.1) is 0 Å². The smallest absolute Gasteiger partial charge is 0.246 e. The summed E-state index contributed by atoms with van der Waals surface area (Å²) in [5.41, 5.74) is 4.05. The molecule has 0 fully saturated rings. The average molecular weight is 243 g/mol. The molecule has 1 aromatic carbocycles. The van der Waals surface area contributed by atoms with Crippen molar-refractivity contribution in [3.63, 3.8) is 0 Å². The maximum Gasteiger partial charge on any atom is 0.246 e. The fourth-order valence-corrected chi connectivity index (χ4v) is 1.77. The van der Waals surface area contributed by atoms with E-state index in [9.17, 15) is 4.79 Å². The van der Waals surface area contributed by atoms with Crippen molar-refractivity contribution in [3.8, 4) is 0 Å². The number of hydrogen-bond acceptors (Lipinski definition) is 2. The fourth-order valence-electron chi connectivity index (χ4n) is 1.77. The molecule has 18 heavy (non-hydrogen) atoms. The van der Waals surface area contributed by atoms with Crippen LogP contribution in [0.2, 0.25) is 0 Å². The first-order valence-corrected chi connectivity index (χ1v) is 5.92. The van der Waals surface area contributed by atoms with Gasteiger partial charge in [-0.25, -0.2) is 0 Å². The summed E-state index contributed by atoms with van der Waals surface area (Å²) in [7, 11) is 0. The van der Waals surface area contributed by atoms with Gasteiger partial charge in [-0.3, -0.25) is 9.48 Å². The van der Waals surface area contributed by atoms with Crippen LogP contribution in [0.5, 0.6) is 0 Å². The van der Waals surface area contributed by atoms with E-state index < -0.39 is 0 Å². The molecule has 0 aliphatic carbocycles. The first-order valence-electron chi connectivity index (χ1n) is 5.92. The van der Waals surface area contributed by atoms with Gasteiger partial charge in [-0.05, 0) is 44.0 Å². The van der Waals surface area contributed by atoms with E-state index in [0.29, 0.717) is 0 Å². The number of rotatable bonds is 3. The van der Waals surface area contributed by atoms with E-state index in [2.05, 4.69) is 10.4 Å². The van der Waals surface area contributed by atoms with Crippen molar-refractivity contribution in [2.45, 2.75) is 27.3 Å². The second-order valence-corrected chi connectivity index (χ2v) is 4.45. The summed E-state index contributed by atoms with van der Waals surface area (Å²) < 4.78 is 1.63. The lowest BCUT2D eigenvalue weighted by molar-refractivity contribution is -0.116. The van der Waals surface area contributed by atoms with Crippen molar-refractivity contribution < 1.29 is 4.79 Å². The standard InChI is InChI=1S/C14H17N3O/c1-10-5-4-6-13(12(10)3)15-14(18)9-17-8-7-11(2)16-17/h4-8H,9H2,1-3H3,(H,15,18). The summed E-state index contributed by atoms with van der Waals surface area (Å²) in [6, 6.07) is 7.76. The van der Waals surface area contributed by atoms with Gasteiger partial charge in [0, 0.05) is 11.9 Å². The van der Waals surface area contributed by atoms with E-state index in [-0.39, 0.29) is 12.5 Å². The molecule has 0 radical (unpaired) electrons. The van der Waals surface area contributed by atoms with Crippen molar-refractivity contribution in [2.75, 3.05) is 5.32 Å². The van der Waals surface area contributed by atoms with Crippen LogP contribution in [0.1, 0.15) is 16.8 Å². The van der Waals surface area contributed by atoms with Crippen molar-refractivity contribution >= 4 is 11.6 Å². The number of nitrogens with one attached hydrogen (secondary N) is 1. The number of carbonyl (C=O) groups excluding carboxylic acids is 1. The predicted molar refractivity (Wildman–Crippen MR) is 71.5 cm³/mol. The highest BCUT2D eigenvalue weighted by Gasteiger charge is 2.07. The van der Waals surface area contributed by atoms with Crippen molar-refractivity contribution in [2.24, 2.45) is 0 Å². The summed E-state index contributed by atoms with van der Waals surface area (Å²) in [5, 5.41) is 7.10. The number of nitrogens with zero attached hydrogens (tertiary/aromatic N) is 2. The van der Waals surface area contributed by atoms with E-state index in [0.717, 1.165) is 16.9 Å². The average Bonchev–Trinajstić information content (AvgIpc) is 2.70. The lowest BCUT2D eigenvalue weighted by Gasteiger charge is -2.10. The first kappa shape index (κ1) is 12.4. The van der Waals surface area contributed by atoms with Gasteiger partial charge in [0.1, 0.15) is 6.54 Å². The monoisotopic (exact) mass is 243 g/mol. The Morgan fingerprint density at radius 1 is 1.28 bits per heavy atom. The second-order valence-electron chi connectivity index (χ2n) is 4.45. The molecule has 1 heterocycles. The van der Waals surface area contributed by atoms with Crippen LogP contribution in [0.25, 0.3) is 0 Å². The quantitative estimate of drug-likeness (QED) is 0.900. The Morgan fingerprint density at radius 2 is 2.06 bits per heavy atom. The molecule has 1 aromatic heterocycles. The molecule has 4 heteroatoms. The normalized spacial score (nSPS) is 10.4. The topological polar surface area (TPSA) is 46.9 Å². The minimum absolute atomic E-state index is 0.0631. The van der Waals surface area contributed by atoms with E-state index in [1.165, 1.54) is 5.56 Å². The van der Waals surface area contributed by atoms with Crippen LogP contribution in [0.4, 0.5) is 5.69 Å². The Balaban J connectivity index is 2.05. The highest BCUT2D eigenvalue weighted by molar-refractivity contribution is 5.91. The fraction of sp³-hybridized carbons (Fsp3) is 0.286. The number of amides is 1. The van der Waals surface area contributed by atoms with Gasteiger partial charge >= 0.3 is 0 Å². The summed E-state index contributed by atoms with van der Waals surface area (Å²) in [6.45, 7) is 6.17. The molecule has 0 aliphatic heterocycles. The Kier molecular flexibility index (Phi) is 3.46. The Labute approximate surface area is 107 Å². The number of aromatic nitrogens is 2. The van der Waals surface area contributed by atoms with Gasteiger partial charge in [0.25, 0.3) is 0 Å². The van der Waals surface area contributed by atoms with Crippen LogP contribution in [-0.4, -0.2) is 15.7 Å². The molecule has 0 aliphatic rings. The second kappa shape index (κ2) is 5.04. The Hall–Kier alpha value is -2.10. The zero-order valence-corrected chi connectivity index (χ0v) is 10.9. The van der Waals surface area contributed by atoms with Crippen molar-refractivity contribution in [3.05, 3.63) is 47.3 Å². The molecule has 0 unspecified atom stereocenters. The van der Waals surface area contributed by atoms with E-state index in [1.54, 1.807) is 10.9 Å². The summed E-state index contributed by atoms with van der Waals surface area (Å²) in [4.78, 5) is 11.9. The molecule has 0 atom stereocenters. The molecular formula is C14H17N3O. The van der Waals surface area contributed by atoms with Gasteiger partial charge in [-0.1, -0.05) is 12.1 Å². The summed E-state index contributed by atoms with van der Waals surface area (Å²) in [6.07, 6.45) is 1.80. The van der Waals surface area contributed by atoms with Gasteiger partial charge in [0.05, 0.1) is 5.69 Å². The molecule has 0 bridgehead atoms. The zero-order valence-electron chi connectivity index (χ0n) is 10.9. The summed E-state index contributed by atoms with van der Waals surface area (Å²) >= 11 is 0. The van der Waals surface area contributed by atoms with Gasteiger partial charge < -0.3 is 5.32 Å². The van der Waals surface area contributed by atoms with E-state index in [4.69, 9.17) is 0 Å². The number of benzene rings is 1. The highest BCUT2D eigenvalue weighted by atomic mass is 16.2. The Bertz CT molecular complexity index is 572. The molecule has 2 aromatic rings. The minimum Gasteiger partial charge on any atom is -0.324 e. The number of hydrogen-bond donors (Lipinski definition) is 1. The molecule has 0 saturated carbocycles. The van der Waals surface area contributed by atoms with Gasteiger partial charge in [0.2, 0.25) is 5.91 Å². The molecule has 0 spiro atoms. The van der Waals surface area contributed by atoms with Crippen molar-refractivity contribution in [1.82, 2.24) is 9.78 Å². The molecule has 0 saturated heterocycles. The van der Waals surface area contributed by atoms with Crippen LogP contribution in [0.3, 0.4) is 0 Å². The third kappa shape index (κ3) is 2.77. The third-order valence-electron chi connectivity index (χ3n) is 2.96. The highest BCUT2D eigenvalue weighted by Crippen LogP contribution is 2.17. The molecule has 1 amide bonds. The van der Waals surface area contributed by atoms with Crippen LogP contribution >= 0.6 is 0 Å². The molecular weight excluding hydrogens is 226 g/mol. The molecule has 4 nitrogen and oxygen atoms in total. The number of carbonyl (C=O) groups is 1. The number of aryl methyl sites for hydroxylation is 2. The lowest BCUT2D eigenvalue weighted by atomic mass is 10.1. The zero-order chi connectivity index (χ0) is 13.1. The van der Waals surface area contributed by atoms with E-state index >= 15 is 0 Å². The number of anilines is 1. The SMILES string of the molecule is Cc1ccn(CC(=O)Nc2cccc(C)c2C)n1. The van der Waals surface area contributed by atoms with Gasteiger partial charge in [0.15, 0.2) is 0 Å². The molecule has 2 rings (SSSR count). The maximum absolute atomic E-state index is 11.9. The largest absolute Gasteiger partial charge is 0.324 e. The Morgan fingerprint density at radius 3 is 2.72 bits per heavy atom. The predicted octanol–water partition coefficient (Wildman–Crippen LogP) is 2.45.